The summed E-state index contributed by atoms with van der Waals surface area (Å²) in [5, 5.41) is 6.47. The number of imidazole rings is 1. The summed E-state index contributed by atoms with van der Waals surface area (Å²) in [7, 11) is 1.92. The van der Waals surface area contributed by atoms with Crippen LogP contribution in [0, 0.1) is 5.82 Å². The van der Waals surface area contributed by atoms with Gasteiger partial charge in [0.15, 0.2) is 17.4 Å². The number of nitrogens with one attached hydrogen (secondary N) is 2. The van der Waals surface area contributed by atoms with E-state index in [-0.39, 0.29) is 5.75 Å². The average molecular weight is 472 g/mol. The van der Waals surface area contributed by atoms with Gasteiger partial charge in [0.1, 0.15) is 23.1 Å². The van der Waals surface area contributed by atoms with Crippen molar-refractivity contribution in [3.8, 4) is 11.5 Å². The zero-order valence-electron chi connectivity index (χ0n) is 18.9. The Balaban J connectivity index is 1.25. The van der Waals surface area contributed by atoms with Crippen LogP contribution in [0.2, 0.25) is 0 Å². The number of aryl methyl sites for hydroxylation is 1. The van der Waals surface area contributed by atoms with Crippen molar-refractivity contribution in [3.63, 3.8) is 0 Å². The Morgan fingerprint density at radius 1 is 1.00 bits per heavy atom. The van der Waals surface area contributed by atoms with E-state index >= 15 is 0 Å². The van der Waals surface area contributed by atoms with Gasteiger partial charge in [0.25, 0.3) is 0 Å². The quantitative estimate of drug-likeness (QED) is 0.399. The van der Waals surface area contributed by atoms with Crippen LogP contribution < -0.4 is 20.3 Å². The molecule has 176 valence electrons. The normalized spacial score (nSPS) is 13.9. The lowest BCUT2D eigenvalue weighted by molar-refractivity contribution is 0.443. The third-order valence-electron chi connectivity index (χ3n) is 5.88. The molecule has 0 aliphatic carbocycles. The first-order chi connectivity index (χ1) is 17.1. The average Bonchev–Trinajstić information content (AvgIpc) is 3.26. The molecule has 1 aliphatic rings. The number of halogens is 1. The molecule has 35 heavy (non-hydrogen) atoms. The van der Waals surface area contributed by atoms with Crippen molar-refractivity contribution in [1.82, 2.24) is 34.8 Å². The van der Waals surface area contributed by atoms with Crippen LogP contribution in [0.25, 0.3) is 22.1 Å². The predicted octanol–water partition coefficient (Wildman–Crippen LogP) is 3.39. The second kappa shape index (κ2) is 8.76. The fourth-order valence-electron chi connectivity index (χ4n) is 4.06. The highest BCUT2D eigenvalue weighted by Gasteiger charge is 2.16. The van der Waals surface area contributed by atoms with Crippen molar-refractivity contribution in [1.29, 1.82) is 0 Å². The van der Waals surface area contributed by atoms with Gasteiger partial charge in [-0.1, -0.05) is 0 Å². The summed E-state index contributed by atoms with van der Waals surface area (Å²) < 4.78 is 22.6. The van der Waals surface area contributed by atoms with Crippen LogP contribution in [0.5, 0.6) is 11.5 Å². The molecule has 11 heteroatoms. The van der Waals surface area contributed by atoms with Crippen LogP contribution in [0.1, 0.15) is 0 Å². The number of rotatable bonds is 5. The molecule has 5 aromatic rings. The van der Waals surface area contributed by atoms with Crippen molar-refractivity contribution < 1.29 is 9.13 Å². The Hall–Kier alpha value is -4.38. The number of ether oxygens (including phenoxy) is 1. The maximum atomic E-state index is 14.9. The first-order valence-electron chi connectivity index (χ1n) is 11.2. The monoisotopic (exact) mass is 471 g/mol. The second-order valence-electron chi connectivity index (χ2n) is 8.24. The molecule has 1 saturated heterocycles. The molecule has 1 fully saturated rings. The number of nitrogens with zero attached hydrogens (tertiary/aromatic N) is 7. The van der Waals surface area contributed by atoms with Gasteiger partial charge in [0, 0.05) is 51.0 Å². The first-order valence-corrected chi connectivity index (χ1v) is 11.2. The van der Waals surface area contributed by atoms with Gasteiger partial charge in [-0.05, 0) is 24.3 Å². The van der Waals surface area contributed by atoms with E-state index in [4.69, 9.17) is 9.72 Å². The van der Waals surface area contributed by atoms with Crippen LogP contribution in [0.15, 0.2) is 55.2 Å². The van der Waals surface area contributed by atoms with E-state index in [1.807, 2.05) is 17.7 Å². The SMILES string of the molecule is Cn1cnc2cc(Oc3ccc(Nc4ncnc5cnc(N6CCNCC6)nc45)cc3F)ccc21. The second-order valence-corrected chi connectivity index (χ2v) is 8.24. The Kier molecular flexibility index (Phi) is 5.30. The molecule has 10 nitrogen and oxygen atoms in total. The zero-order chi connectivity index (χ0) is 23.8. The summed E-state index contributed by atoms with van der Waals surface area (Å²) in [6.45, 7) is 3.40. The summed E-state index contributed by atoms with van der Waals surface area (Å²) in [5.41, 5.74) is 3.43. The minimum Gasteiger partial charge on any atom is -0.454 e. The molecular weight excluding hydrogens is 449 g/mol. The Bertz CT molecular complexity index is 1530. The smallest absolute Gasteiger partial charge is 0.226 e. The zero-order valence-corrected chi connectivity index (χ0v) is 18.9. The molecule has 2 aromatic carbocycles. The minimum atomic E-state index is -0.509. The lowest BCUT2D eigenvalue weighted by Crippen LogP contribution is -2.44. The van der Waals surface area contributed by atoms with Crippen molar-refractivity contribution in [3.05, 3.63) is 61.1 Å². The highest BCUT2D eigenvalue weighted by atomic mass is 19.1. The lowest BCUT2D eigenvalue weighted by Gasteiger charge is -2.27. The third kappa shape index (κ3) is 4.17. The molecule has 0 radical (unpaired) electrons. The van der Waals surface area contributed by atoms with Gasteiger partial charge in [-0.3, -0.25) is 0 Å². The highest BCUT2D eigenvalue weighted by Crippen LogP contribution is 2.30. The number of fused-ring (bicyclic) bond motifs is 2. The number of benzene rings is 2. The summed E-state index contributed by atoms with van der Waals surface area (Å²) in [6, 6.07) is 10.1. The summed E-state index contributed by atoms with van der Waals surface area (Å²) >= 11 is 0. The Labute approximate surface area is 199 Å². The molecule has 3 aromatic heterocycles. The van der Waals surface area contributed by atoms with E-state index in [1.165, 1.54) is 12.4 Å². The van der Waals surface area contributed by atoms with E-state index < -0.39 is 5.82 Å². The number of anilines is 3. The van der Waals surface area contributed by atoms with Gasteiger partial charge >= 0.3 is 0 Å². The Morgan fingerprint density at radius 2 is 1.89 bits per heavy atom. The van der Waals surface area contributed by atoms with Crippen LogP contribution in [-0.2, 0) is 7.05 Å². The predicted molar refractivity (Wildman–Crippen MR) is 131 cm³/mol. The molecule has 4 heterocycles. The fourth-order valence-corrected chi connectivity index (χ4v) is 4.06. The van der Waals surface area contributed by atoms with Gasteiger partial charge < -0.3 is 24.8 Å². The number of aromatic nitrogens is 6. The van der Waals surface area contributed by atoms with Crippen molar-refractivity contribution in [2.45, 2.75) is 0 Å². The lowest BCUT2D eigenvalue weighted by atomic mass is 10.2. The van der Waals surface area contributed by atoms with Gasteiger partial charge in [-0.15, -0.1) is 0 Å². The van der Waals surface area contributed by atoms with Gasteiger partial charge in [0.05, 0.1) is 23.6 Å². The van der Waals surface area contributed by atoms with E-state index in [9.17, 15) is 4.39 Å². The van der Waals surface area contributed by atoms with E-state index in [0.29, 0.717) is 34.2 Å². The molecule has 0 atom stereocenters. The van der Waals surface area contributed by atoms with Gasteiger partial charge in [0.2, 0.25) is 5.95 Å². The number of hydrogen-bond acceptors (Lipinski definition) is 9. The molecule has 0 unspecified atom stereocenters. The Morgan fingerprint density at radius 3 is 2.74 bits per heavy atom. The molecule has 0 spiro atoms. The third-order valence-corrected chi connectivity index (χ3v) is 5.88. The highest BCUT2D eigenvalue weighted by molar-refractivity contribution is 5.87. The van der Waals surface area contributed by atoms with E-state index in [2.05, 4.69) is 35.5 Å². The van der Waals surface area contributed by atoms with E-state index in [1.54, 1.807) is 36.8 Å². The standard InChI is InChI=1S/C24H22FN9O/c1-33-14-30-18-11-16(3-4-20(18)33)35-21-5-2-15(10-17(21)25)31-23-22-19(28-13-29-23)12-27-24(32-22)34-8-6-26-7-9-34/h2-5,10-14,26H,6-9H2,1H3,(H,28,29,31). The van der Waals surface area contributed by atoms with Crippen molar-refractivity contribution in [2.75, 3.05) is 36.4 Å². The minimum absolute atomic E-state index is 0.113. The van der Waals surface area contributed by atoms with Crippen LogP contribution in [0.3, 0.4) is 0 Å². The number of piperazine rings is 1. The largest absolute Gasteiger partial charge is 0.454 e. The maximum Gasteiger partial charge on any atom is 0.226 e. The van der Waals surface area contributed by atoms with E-state index in [0.717, 1.165) is 37.2 Å². The van der Waals surface area contributed by atoms with Gasteiger partial charge in [-0.2, -0.15) is 0 Å². The van der Waals surface area contributed by atoms with Crippen molar-refractivity contribution >= 4 is 39.5 Å². The molecule has 0 amide bonds. The summed E-state index contributed by atoms with van der Waals surface area (Å²) in [4.78, 5) is 24.2. The number of hydrogen-bond donors (Lipinski definition) is 2. The molecule has 2 N–H and O–H groups in total. The van der Waals surface area contributed by atoms with Gasteiger partial charge in [-0.25, -0.2) is 29.3 Å². The molecule has 0 saturated carbocycles. The molecular formula is C24H22FN9O. The first kappa shape index (κ1) is 21.2. The van der Waals surface area contributed by atoms with Crippen molar-refractivity contribution in [2.24, 2.45) is 7.05 Å². The maximum absolute atomic E-state index is 14.9. The molecule has 1 aliphatic heterocycles. The molecule has 6 rings (SSSR count). The fraction of sp³-hybridized carbons (Fsp3) is 0.208. The van der Waals surface area contributed by atoms with Crippen LogP contribution in [0.4, 0.5) is 21.8 Å². The topological polar surface area (TPSA) is 106 Å². The molecule has 0 bridgehead atoms. The summed E-state index contributed by atoms with van der Waals surface area (Å²) in [5.74, 6) is 1.21. The van der Waals surface area contributed by atoms with Crippen LogP contribution >= 0.6 is 0 Å². The van der Waals surface area contributed by atoms with Crippen LogP contribution in [-0.4, -0.2) is 55.7 Å². The summed E-state index contributed by atoms with van der Waals surface area (Å²) in [6.07, 6.45) is 4.84.